The number of ether oxygens (including phenoxy) is 2. The third-order valence-electron chi connectivity index (χ3n) is 6.43. The molecule has 6 atom stereocenters. The second-order valence-electron chi connectivity index (χ2n) is 9.57. The number of nitrogens with zero attached hydrogens (tertiary/aromatic N) is 5. The van der Waals surface area contributed by atoms with Gasteiger partial charge in [0.25, 0.3) is 0 Å². The number of benzene rings is 2. The van der Waals surface area contributed by atoms with E-state index in [1.165, 1.54) is 38.2 Å². The Kier molecular flexibility index (Phi) is 9.63. The molecule has 222 valence electrons. The molecule has 0 amide bonds. The number of nitrogen functional groups attached to an aromatic ring is 1. The van der Waals surface area contributed by atoms with Gasteiger partial charge in [0.2, 0.25) is 0 Å². The molecule has 4 N–H and O–H groups in total. The molecule has 0 radical (unpaired) electrons. The zero-order chi connectivity index (χ0) is 30.3. The Morgan fingerprint density at radius 3 is 2.57 bits per heavy atom. The molecule has 15 nitrogen and oxygen atoms in total. The molecule has 0 aliphatic carbocycles. The van der Waals surface area contributed by atoms with Crippen molar-refractivity contribution in [2.75, 3.05) is 12.3 Å². The highest BCUT2D eigenvalue weighted by Gasteiger charge is 2.55. The van der Waals surface area contributed by atoms with Crippen molar-refractivity contribution < 1.29 is 33.0 Å². The second-order valence-corrected chi connectivity index (χ2v) is 11.3. The zero-order valence-electron chi connectivity index (χ0n) is 22.7. The van der Waals surface area contributed by atoms with Crippen LogP contribution in [0.5, 0.6) is 5.75 Å². The Labute approximate surface area is 240 Å². The van der Waals surface area contributed by atoms with Gasteiger partial charge in [0.1, 0.15) is 35.9 Å². The van der Waals surface area contributed by atoms with E-state index < -0.39 is 56.0 Å². The highest BCUT2D eigenvalue weighted by Crippen LogP contribution is 2.47. The van der Waals surface area contributed by atoms with E-state index in [4.69, 9.17) is 24.3 Å². The molecule has 42 heavy (non-hydrogen) atoms. The second kappa shape index (κ2) is 13.2. The smallest absolute Gasteiger partial charge is 0.459 e. The van der Waals surface area contributed by atoms with Crippen LogP contribution in [-0.4, -0.2) is 51.0 Å². The Morgan fingerprint density at radius 2 is 1.93 bits per heavy atom. The fourth-order valence-corrected chi connectivity index (χ4v) is 5.71. The third-order valence-corrected chi connectivity index (χ3v) is 8.07. The molecule has 2 heterocycles. The SMILES string of the molecule is C[C@H](NP(=O)(OC[C@H]1O[C@@H](n2ccc(N)nc2=O)[C@](C)(N=[N+]=[N-])[C@@H]1O)Oc1ccccc1)C(=O)OCc1ccccc1. The van der Waals surface area contributed by atoms with Crippen molar-refractivity contribution in [1.29, 1.82) is 0 Å². The number of aromatic nitrogens is 2. The van der Waals surface area contributed by atoms with Crippen molar-refractivity contribution in [2.45, 2.75) is 50.5 Å². The summed E-state index contributed by atoms with van der Waals surface area (Å²) in [6, 6.07) is 17.3. The standard InChI is InChI=1S/C26H30N7O8P/c1-17(23(35)38-15-18-9-5-3-6-10-18)30-42(37,41-19-11-7-4-8-12-19)39-16-20-22(34)26(2,31-32-28)24(40-20)33-14-13-21(27)29-25(33)36/h3-14,17,20,22,24,34H,15-16H2,1-2H3,(H,30,37)(H2,27,29,36)/t17-,20+,22+,24+,26+,42?/m0/s1. The van der Waals surface area contributed by atoms with Gasteiger partial charge in [-0.25, -0.2) is 9.36 Å². The fraction of sp³-hybridized carbons (Fsp3) is 0.346. The summed E-state index contributed by atoms with van der Waals surface area (Å²) >= 11 is 0. The first-order valence-corrected chi connectivity index (χ1v) is 14.3. The first-order valence-electron chi connectivity index (χ1n) is 12.8. The maximum absolute atomic E-state index is 13.9. The van der Waals surface area contributed by atoms with Gasteiger partial charge < -0.3 is 24.8 Å². The van der Waals surface area contributed by atoms with Gasteiger partial charge in [0.15, 0.2) is 6.23 Å². The summed E-state index contributed by atoms with van der Waals surface area (Å²) in [6.07, 6.45) is -2.82. The lowest BCUT2D eigenvalue weighted by Gasteiger charge is -2.28. The van der Waals surface area contributed by atoms with E-state index in [0.717, 1.165) is 10.1 Å². The number of aliphatic hydroxyl groups excluding tert-OH is 1. The van der Waals surface area contributed by atoms with Crippen LogP contribution in [0, 0.1) is 0 Å². The molecule has 1 saturated heterocycles. The number of para-hydroxylation sites is 1. The van der Waals surface area contributed by atoms with Crippen LogP contribution in [0.15, 0.2) is 82.8 Å². The average Bonchev–Trinajstić information content (AvgIpc) is 3.21. The lowest BCUT2D eigenvalue weighted by molar-refractivity contribution is -0.146. The van der Waals surface area contributed by atoms with Crippen molar-refractivity contribution in [2.24, 2.45) is 5.11 Å². The van der Waals surface area contributed by atoms with E-state index >= 15 is 0 Å². The summed E-state index contributed by atoms with van der Waals surface area (Å²) in [5, 5.41) is 17.3. The topological polar surface area (TPSA) is 213 Å². The summed E-state index contributed by atoms with van der Waals surface area (Å²) in [4.78, 5) is 31.7. The van der Waals surface area contributed by atoms with Gasteiger partial charge in [-0.15, -0.1) is 0 Å². The highest BCUT2D eigenvalue weighted by atomic mass is 31.2. The predicted octanol–water partition coefficient (Wildman–Crippen LogP) is 3.08. The minimum atomic E-state index is -4.33. The van der Waals surface area contributed by atoms with Gasteiger partial charge in [-0.3, -0.25) is 13.9 Å². The number of rotatable bonds is 12. The van der Waals surface area contributed by atoms with Crippen molar-refractivity contribution in [1.82, 2.24) is 14.6 Å². The van der Waals surface area contributed by atoms with Crippen molar-refractivity contribution in [3.05, 3.63) is 99.4 Å². The number of nitrogens with one attached hydrogen (secondary N) is 1. The van der Waals surface area contributed by atoms with Crippen LogP contribution in [0.4, 0.5) is 5.82 Å². The molecule has 0 saturated carbocycles. The van der Waals surface area contributed by atoms with Crippen LogP contribution in [0.25, 0.3) is 10.4 Å². The van der Waals surface area contributed by atoms with Gasteiger partial charge in [-0.05, 0) is 43.1 Å². The molecular formula is C26H30N7O8P. The highest BCUT2D eigenvalue weighted by molar-refractivity contribution is 7.52. The van der Waals surface area contributed by atoms with Crippen molar-refractivity contribution >= 4 is 19.5 Å². The van der Waals surface area contributed by atoms with E-state index in [-0.39, 0.29) is 18.2 Å². The Balaban J connectivity index is 1.52. The number of azide groups is 1. The van der Waals surface area contributed by atoms with Crippen LogP contribution in [0.2, 0.25) is 0 Å². The lowest BCUT2D eigenvalue weighted by Crippen LogP contribution is -2.45. The van der Waals surface area contributed by atoms with Gasteiger partial charge >= 0.3 is 19.4 Å². The number of carbonyl (C=O) groups excluding carboxylic acids is 1. The summed E-state index contributed by atoms with van der Waals surface area (Å²) in [6.45, 7) is 2.24. The monoisotopic (exact) mass is 599 g/mol. The largest absolute Gasteiger partial charge is 0.460 e. The number of aliphatic hydroxyl groups is 1. The average molecular weight is 600 g/mol. The van der Waals surface area contributed by atoms with Gasteiger partial charge in [-0.2, -0.15) is 10.1 Å². The molecule has 1 fully saturated rings. The van der Waals surface area contributed by atoms with E-state index in [1.807, 2.05) is 6.07 Å². The number of anilines is 1. The number of nitrogens with two attached hydrogens (primary N) is 1. The van der Waals surface area contributed by atoms with Crippen LogP contribution in [-0.2, 0) is 30.0 Å². The number of hydrogen-bond donors (Lipinski definition) is 3. The van der Waals surface area contributed by atoms with Crippen molar-refractivity contribution in [3.63, 3.8) is 0 Å². The molecule has 1 aromatic heterocycles. The maximum atomic E-state index is 13.9. The molecule has 1 unspecified atom stereocenters. The predicted molar refractivity (Wildman–Crippen MR) is 150 cm³/mol. The normalized spacial score (nSPS) is 23.7. The Morgan fingerprint density at radius 1 is 1.26 bits per heavy atom. The Hall–Kier alpha value is -4.23. The molecular weight excluding hydrogens is 569 g/mol. The van der Waals surface area contributed by atoms with E-state index in [2.05, 4.69) is 20.1 Å². The minimum Gasteiger partial charge on any atom is -0.460 e. The van der Waals surface area contributed by atoms with Crippen molar-refractivity contribution in [3.8, 4) is 5.75 Å². The number of carbonyl (C=O) groups is 1. The van der Waals surface area contributed by atoms with Gasteiger partial charge in [0, 0.05) is 11.1 Å². The summed E-state index contributed by atoms with van der Waals surface area (Å²) in [7, 11) is -4.33. The zero-order valence-corrected chi connectivity index (χ0v) is 23.6. The summed E-state index contributed by atoms with van der Waals surface area (Å²) in [5.74, 6) is -0.591. The summed E-state index contributed by atoms with van der Waals surface area (Å²) < 4.78 is 37.4. The van der Waals surface area contributed by atoms with Crippen LogP contribution in [0.3, 0.4) is 0 Å². The van der Waals surface area contributed by atoms with Crippen LogP contribution >= 0.6 is 7.75 Å². The molecule has 1 aliphatic rings. The van der Waals surface area contributed by atoms with Gasteiger partial charge in [0.05, 0.1) is 12.7 Å². The molecule has 0 spiro atoms. The first-order chi connectivity index (χ1) is 20.0. The molecule has 2 aromatic carbocycles. The molecule has 3 aromatic rings. The van der Waals surface area contributed by atoms with E-state index in [0.29, 0.717) is 0 Å². The summed E-state index contributed by atoms with van der Waals surface area (Å²) in [5.41, 5.74) is 13.0. The molecule has 1 aliphatic heterocycles. The van der Waals surface area contributed by atoms with E-state index in [1.54, 1.807) is 42.5 Å². The van der Waals surface area contributed by atoms with E-state index in [9.17, 15) is 24.8 Å². The first kappa shape index (κ1) is 30.7. The fourth-order valence-electron chi connectivity index (χ4n) is 4.21. The maximum Gasteiger partial charge on any atom is 0.459 e. The Bertz CT molecular complexity index is 1540. The quantitative estimate of drug-likeness (QED) is 0.0904. The minimum absolute atomic E-state index is 0.00273. The number of esters is 1. The van der Waals surface area contributed by atoms with Gasteiger partial charge in [-0.1, -0.05) is 53.6 Å². The molecule has 16 heteroatoms. The lowest BCUT2D eigenvalue weighted by atomic mass is 9.93. The molecule has 0 bridgehead atoms. The van der Waals surface area contributed by atoms with Crippen LogP contribution in [0.1, 0.15) is 25.6 Å². The number of hydrogen-bond acceptors (Lipinski definition) is 11. The van der Waals surface area contributed by atoms with Crippen LogP contribution < -0.4 is 21.0 Å². The molecule has 4 rings (SSSR count). The third kappa shape index (κ3) is 7.15.